The Balaban J connectivity index is 1.44. The number of aromatic amines is 1. The summed E-state index contributed by atoms with van der Waals surface area (Å²) in [6.07, 6.45) is 2.92. The van der Waals surface area contributed by atoms with Crippen LogP contribution in [0, 0.1) is 13.8 Å². The van der Waals surface area contributed by atoms with Gasteiger partial charge in [-0.15, -0.1) is 11.3 Å². The van der Waals surface area contributed by atoms with Crippen LogP contribution < -0.4 is 10.6 Å². The number of nitrogens with zero attached hydrogens (tertiary/aromatic N) is 2. The second kappa shape index (κ2) is 7.07. The first-order valence-electron chi connectivity index (χ1n) is 9.63. The van der Waals surface area contributed by atoms with Gasteiger partial charge in [0.2, 0.25) is 5.91 Å². The topological polar surface area (TPSA) is 99.8 Å². The SMILES string of the molecule is Cc1cc(C(=O)Nc2nc(-c3ccc4c(c3)CCC(=O)N4)c(C)s2)c2[nH]ncc2c1. The van der Waals surface area contributed by atoms with Gasteiger partial charge in [0.05, 0.1) is 23.0 Å². The molecule has 0 aliphatic carbocycles. The highest BCUT2D eigenvalue weighted by atomic mass is 32.1. The number of aryl methyl sites for hydroxylation is 3. The first kappa shape index (κ1) is 18.5. The van der Waals surface area contributed by atoms with Crippen LogP contribution >= 0.6 is 11.3 Å². The minimum Gasteiger partial charge on any atom is -0.326 e. The van der Waals surface area contributed by atoms with Gasteiger partial charge in [0, 0.05) is 27.9 Å². The first-order chi connectivity index (χ1) is 14.5. The van der Waals surface area contributed by atoms with E-state index < -0.39 is 0 Å². The zero-order chi connectivity index (χ0) is 20.8. The molecule has 0 saturated heterocycles. The molecular weight excluding hydrogens is 398 g/mol. The summed E-state index contributed by atoms with van der Waals surface area (Å²) in [6, 6.07) is 9.76. The monoisotopic (exact) mass is 417 g/mol. The Labute approximate surface area is 176 Å². The van der Waals surface area contributed by atoms with Gasteiger partial charge < -0.3 is 5.32 Å². The lowest BCUT2D eigenvalue weighted by atomic mass is 9.99. The molecule has 0 unspecified atom stereocenters. The number of hydrogen-bond acceptors (Lipinski definition) is 5. The van der Waals surface area contributed by atoms with Crippen molar-refractivity contribution in [2.75, 3.05) is 10.6 Å². The molecule has 0 spiro atoms. The number of thiazole rings is 1. The number of nitrogens with one attached hydrogen (secondary N) is 3. The number of rotatable bonds is 3. The van der Waals surface area contributed by atoms with Gasteiger partial charge in [-0.05, 0) is 55.7 Å². The third-order valence-electron chi connectivity index (χ3n) is 5.23. The molecule has 2 aromatic carbocycles. The zero-order valence-corrected chi connectivity index (χ0v) is 17.3. The maximum absolute atomic E-state index is 12.9. The Morgan fingerprint density at radius 3 is 2.90 bits per heavy atom. The van der Waals surface area contributed by atoms with E-state index in [1.807, 2.05) is 38.1 Å². The Morgan fingerprint density at radius 2 is 2.03 bits per heavy atom. The fraction of sp³-hybridized carbons (Fsp3) is 0.182. The van der Waals surface area contributed by atoms with Crippen molar-refractivity contribution in [3.05, 3.63) is 58.1 Å². The van der Waals surface area contributed by atoms with Gasteiger partial charge in [-0.1, -0.05) is 6.07 Å². The number of carbonyl (C=O) groups excluding carboxylic acids is 2. The molecule has 1 aliphatic rings. The minimum atomic E-state index is -0.221. The van der Waals surface area contributed by atoms with Gasteiger partial charge in [0.1, 0.15) is 0 Å². The zero-order valence-electron chi connectivity index (χ0n) is 16.5. The fourth-order valence-electron chi connectivity index (χ4n) is 3.80. The van der Waals surface area contributed by atoms with Crippen LogP contribution in [-0.4, -0.2) is 27.0 Å². The molecule has 30 heavy (non-hydrogen) atoms. The number of H-pyrrole nitrogens is 1. The Hall–Kier alpha value is -3.52. The van der Waals surface area contributed by atoms with Crippen molar-refractivity contribution >= 4 is 44.9 Å². The van der Waals surface area contributed by atoms with Crippen molar-refractivity contribution in [1.82, 2.24) is 15.2 Å². The van der Waals surface area contributed by atoms with Crippen molar-refractivity contribution in [1.29, 1.82) is 0 Å². The highest BCUT2D eigenvalue weighted by molar-refractivity contribution is 7.16. The van der Waals surface area contributed by atoms with Crippen LogP contribution in [0.1, 0.15) is 32.8 Å². The predicted octanol–water partition coefficient (Wildman–Crippen LogP) is 4.44. The van der Waals surface area contributed by atoms with Gasteiger partial charge in [-0.2, -0.15) is 5.10 Å². The van der Waals surface area contributed by atoms with Crippen molar-refractivity contribution in [2.24, 2.45) is 0 Å². The van der Waals surface area contributed by atoms with Crippen molar-refractivity contribution in [3.63, 3.8) is 0 Å². The predicted molar refractivity (Wildman–Crippen MR) is 118 cm³/mol. The highest BCUT2D eigenvalue weighted by Gasteiger charge is 2.19. The van der Waals surface area contributed by atoms with Gasteiger partial charge >= 0.3 is 0 Å². The summed E-state index contributed by atoms with van der Waals surface area (Å²) < 4.78 is 0. The van der Waals surface area contributed by atoms with Crippen LogP contribution in [0.4, 0.5) is 10.8 Å². The van der Waals surface area contributed by atoms with Crippen LogP contribution in [0.2, 0.25) is 0 Å². The van der Waals surface area contributed by atoms with E-state index >= 15 is 0 Å². The lowest BCUT2D eigenvalue weighted by molar-refractivity contribution is -0.116. The lowest BCUT2D eigenvalue weighted by Gasteiger charge is -2.17. The quantitative estimate of drug-likeness (QED) is 0.459. The van der Waals surface area contributed by atoms with E-state index in [1.54, 1.807) is 6.20 Å². The van der Waals surface area contributed by atoms with Crippen LogP contribution in [-0.2, 0) is 11.2 Å². The number of benzene rings is 2. The molecule has 3 N–H and O–H groups in total. The molecule has 0 saturated carbocycles. The van der Waals surface area contributed by atoms with E-state index in [2.05, 4.69) is 31.9 Å². The normalized spacial score (nSPS) is 13.2. The summed E-state index contributed by atoms with van der Waals surface area (Å²) >= 11 is 1.44. The van der Waals surface area contributed by atoms with E-state index in [0.717, 1.165) is 44.8 Å². The van der Waals surface area contributed by atoms with Crippen molar-refractivity contribution < 1.29 is 9.59 Å². The van der Waals surface area contributed by atoms with Crippen LogP contribution in [0.15, 0.2) is 36.5 Å². The molecule has 7 nitrogen and oxygen atoms in total. The average molecular weight is 417 g/mol. The fourth-order valence-corrected chi connectivity index (χ4v) is 4.63. The maximum Gasteiger partial charge on any atom is 0.259 e. The van der Waals surface area contributed by atoms with E-state index in [4.69, 9.17) is 0 Å². The van der Waals surface area contributed by atoms with E-state index in [0.29, 0.717) is 22.6 Å². The molecule has 5 rings (SSSR count). The molecule has 3 heterocycles. The summed E-state index contributed by atoms with van der Waals surface area (Å²) in [4.78, 5) is 30.2. The molecule has 2 amide bonds. The molecule has 8 heteroatoms. The second-order valence-electron chi connectivity index (χ2n) is 7.44. The molecule has 1 aliphatic heterocycles. The lowest BCUT2D eigenvalue weighted by Crippen LogP contribution is -2.18. The van der Waals surface area contributed by atoms with Crippen molar-refractivity contribution in [3.8, 4) is 11.3 Å². The summed E-state index contributed by atoms with van der Waals surface area (Å²) in [5, 5.41) is 14.2. The van der Waals surface area contributed by atoms with Crippen molar-refractivity contribution in [2.45, 2.75) is 26.7 Å². The third kappa shape index (κ3) is 3.25. The maximum atomic E-state index is 12.9. The summed E-state index contributed by atoms with van der Waals surface area (Å²) in [5.74, 6) is -0.172. The summed E-state index contributed by atoms with van der Waals surface area (Å²) in [7, 11) is 0. The van der Waals surface area contributed by atoms with E-state index in [-0.39, 0.29) is 11.8 Å². The number of fused-ring (bicyclic) bond motifs is 2. The minimum absolute atomic E-state index is 0.0487. The molecule has 0 radical (unpaired) electrons. The molecule has 4 aromatic rings. The number of amides is 2. The third-order valence-corrected chi connectivity index (χ3v) is 6.12. The number of aromatic nitrogens is 3. The number of anilines is 2. The van der Waals surface area contributed by atoms with Crippen LogP contribution in [0.25, 0.3) is 22.2 Å². The molecular formula is C22H19N5O2S. The Kier molecular flexibility index (Phi) is 4.36. The highest BCUT2D eigenvalue weighted by Crippen LogP contribution is 2.34. The van der Waals surface area contributed by atoms with Gasteiger partial charge in [0.15, 0.2) is 5.13 Å². The smallest absolute Gasteiger partial charge is 0.259 e. The van der Waals surface area contributed by atoms with Gasteiger partial charge in [-0.25, -0.2) is 4.98 Å². The molecule has 0 bridgehead atoms. The molecule has 0 fully saturated rings. The summed E-state index contributed by atoms with van der Waals surface area (Å²) in [5.41, 5.74) is 6.03. The second-order valence-corrected chi connectivity index (χ2v) is 8.65. The average Bonchev–Trinajstić information content (AvgIpc) is 3.33. The number of carbonyl (C=O) groups is 2. The van der Waals surface area contributed by atoms with Gasteiger partial charge in [0.25, 0.3) is 5.91 Å². The Morgan fingerprint density at radius 1 is 1.17 bits per heavy atom. The standard InChI is InChI=1S/C22H19N5O2S/c1-11-7-15-10-23-27-20(15)16(8-11)21(29)26-22-25-19(12(2)30-22)14-3-5-17-13(9-14)4-6-18(28)24-17/h3,5,7-10H,4,6H2,1-2H3,(H,23,27)(H,24,28)(H,25,26,29). The summed E-state index contributed by atoms with van der Waals surface area (Å²) in [6.45, 7) is 3.94. The van der Waals surface area contributed by atoms with Crippen LogP contribution in [0.3, 0.4) is 0 Å². The van der Waals surface area contributed by atoms with Gasteiger partial charge in [-0.3, -0.25) is 20.0 Å². The van der Waals surface area contributed by atoms with Crippen LogP contribution in [0.5, 0.6) is 0 Å². The number of hydrogen-bond donors (Lipinski definition) is 3. The molecule has 2 aromatic heterocycles. The molecule has 150 valence electrons. The largest absolute Gasteiger partial charge is 0.326 e. The van der Waals surface area contributed by atoms with E-state index in [9.17, 15) is 9.59 Å². The Bertz CT molecular complexity index is 1320. The van der Waals surface area contributed by atoms with E-state index in [1.165, 1.54) is 11.3 Å². The first-order valence-corrected chi connectivity index (χ1v) is 10.5. The molecule has 0 atom stereocenters.